The van der Waals surface area contributed by atoms with Crippen molar-refractivity contribution in [3.8, 4) is 5.75 Å². The van der Waals surface area contributed by atoms with Gasteiger partial charge in [0.2, 0.25) is 76.8 Å². The third-order valence-corrected chi connectivity index (χ3v) is 19.5. The number of aromatic nitrogens is 4. The number of aliphatic hydroxyl groups is 2. The first-order valence-corrected chi connectivity index (χ1v) is 38.1. The number of phenols is 1. The number of imidazole rings is 1. The first-order valence-electron chi connectivity index (χ1n) is 36.8. The van der Waals surface area contributed by atoms with Crippen molar-refractivity contribution >= 4 is 130 Å². The molecule has 39 heteroatoms. The van der Waals surface area contributed by atoms with E-state index >= 15 is 0 Å². The zero-order valence-corrected chi connectivity index (χ0v) is 64.5. The van der Waals surface area contributed by atoms with E-state index in [-0.39, 0.29) is 81.9 Å². The number of para-hydroxylation sites is 2. The monoisotopic (exact) mass is 1610 g/mol. The number of primary amides is 1. The lowest BCUT2D eigenvalue weighted by Gasteiger charge is -2.30. The maximum absolute atomic E-state index is 14.8. The van der Waals surface area contributed by atoms with Crippen LogP contribution in [0.25, 0.3) is 21.8 Å². The summed E-state index contributed by atoms with van der Waals surface area (Å²) >= 11 is 8.70. The third kappa shape index (κ3) is 26.2. The number of hydrogen-bond acceptors (Lipinski definition) is 22. The quantitative estimate of drug-likeness (QED) is 0.0130. The van der Waals surface area contributed by atoms with E-state index in [4.69, 9.17) is 17.2 Å². The lowest BCUT2D eigenvalue weighted by Crippen LogP contribution is -2.62. The van der Waals surface area contributed by atoms with Gasteiger partial charge in [0.25, 0.3) is 0 Å². The van der Waals surface area contributed by atoms with Crippen molar-refractivity contribution in [2.45, 2.75) is 183 Å². The molecular weight excluding hydrogens is 1510 g/mol. The van der Waals surface area contributed by atoms with E-state index in [0.717, 1.165) is 0 Å². The minimum absolute atomic E-state index is 0.00645. The summed E-state index contributed by atoms with van der Waals surface area (Å²) in [5.74, 6) is -14.6. The minimum Gasteiger partial charge on any atom is -0.508 e. The number of nitrogens with one attached hydrogen (secondary N) is 14. The highest BCUT2D eigenvalue weighted by molar-refractivity contribution is 7.80. The SMILES string of the molecule is CC(C)C[C@H](NC(=O)CNC(=O)[C@H](Cc1c[nH]c2ccccc12)NC(=O)[C@H](CCCCN)NC(=O)[C@@H](NC(=O)[C@H](CS)NC(=O)[C@H](Cc1c[nH]c2ccccc12)NC(=O)[C@H](Cc1ccc(O)cc1)NC(=O)[C@@H](N)[C@@H](C)O)[C@@H](C)O)C(=O)N[C@@H](CS)C(=O)N1CCC[C@H]1C(=O)N[C@@H](Cc1cnc[nH]1)C(=O)N[C@@H](CC(N)=O)C(=O)O. The molecule has 0 spiro atoms. The van der Waals surface area contributed by atoms with E-state index < -0.39 is 186 Å². The molecular formula is C74H101N19O18S2. The summed E-state index contributed by atoms with van der Waals surface area (Å²) in [6, 6.07) is 2.02. The number of carbonyl (C=O) groups is 14. The number of fused-ring (bicyclic) bond motifs is 2. The van der Waals surface area contributed by atoms with Crippen LogP contribution in [-0.2, 0) is 92.8 Å². The van der Waals surface area contributed by atoms with Crippen molar-refractivity contribution in [3.63, 3.8) is 0 Å². The molecule has 1 aliphatic heterocycles. The molecule has 1 aliphatic rings. The second-order valence-electron chi connectivity index (χ2n) is 28.1. The van der Waals surface area contributed by atoms with Crippen LogP contribution >= 0.6 is 25.3 Å². The fourth-order valence-corrected chi connectivity index (χ4v) is 13.2. The van der Waals surface area contributed by atoms with Crippen LogP contribution in [0, 0.1) is 5.92 Å². The van der Waals surface area contributed by atoms with E-state index in [1.807, 2.05) is 0 Å². The molecule has 0 unspecified atom stereocenters. The summed E-state index contributed by atoms with van der Waals surface area (Å²) < 4.78 is 0. The van der Waals surface area contributed by atoms with Crippen molar-refractivity contribution in [3.05, 3.63) is 120 Å². The number of hydrogen-bond donors (Lipinski definition) is 23. The zero-order chi connectivity index (χ0) is 82.8. The standard InChI is InChI=1S/C74H101N19O18S2/c1-37(2)24-50(65(101)91-57(35-113)73(109)93-23-11-17-58(93)70(106)87-54(28-43-32-78-36-82-43)68(104)89-55(74(110)111)29-59(76)97)83-60(98)33-81-63(99)52(26-41-30-79-47-14-7-5-12-45(41)47)85-64(100)49(16-9-10-22-75)84-72(108)62(39(4)95)92-69(105)56(34-112)90-67(103)53(27-42-31-80-48-15-8-6-13-46(42)48)86-66(102)51(88-71(107)61(77)38(3)94)25-40-18-20-44(96)21-19-40/h5-8,12-15,18-21,30-32,36-39,49-58,61-62,79-80,94-96,112-113H,9-11,16-17,22-29,33-35,75,77H2,1-4H3,(H2,76,97)(H,78,82)(H,81,99)(H,83,98)(H,84,108)(H,85,100)(H,86,102)(H,87,106)(H,88,107)(H,89,104)(H,90,103)(H,91,101)(H,92,105)(H,110,111)/t38-,39-,49+,50+,51+,52+,53+,54+,55+,56+,57+,58+,61+,62+/m1/s1. The highest BCUT2D eigenvalue weighted by Crippen LogP contribution is 2.24. The molecule has 0 saturated carbocycles. The average Bonchev–Trinajstić information content (AvgIpc) is 1.75. The second-order valence-corrected chi connectivity index (χ2v) is 28.8. The first kappa shape index (κ1) is 89.1. The summed E-state index contributed by atoms with van der Waals surface area (Å²) in [6.07, 6.45) is 2.26. The lowest BCUT2D eigenvalue weighted by molar-refractivity contribution is -0.144. The summed E-state index contributed by atoms with van der Waals surface area (Å²) in [5, 5.41) is 70.4. The van der Waals surface area contributed by atoms with E-state index in [2.05, 4.69) is 104 Å². The predicted octanol–water partition coefficient (Wildman–Crippen LogP) is -3.61. The number of amides is 13. The number of aromatic amines is 3. The Labute approximate surface area is 660 Å². The first-order chi connectivity index (χ1) is 53.8. The molecule has 0 radical (unpaired) electrons. The van der Waals surface area contributed by atoms with E-state index in [9.17, 15) is 87.5 Å². The van der Waals surface area contributed by atoms with Gasteiger partial charge in [-0.3, -0.25) is 62.3 Å². The van der Waals surface area contributed by atoms with Gasteiger partial charge in [0.1, 0.15) is 78.3 Å². The molecule has 13 amide bonds. The fraction of sp³-hybridized carbons (Fsp3) is 0.473. The summed E-state index contributed by atoms with van der Waals surface area (Å²) in [7, 11) is 0. The molecule has 612 valence electrons. The second kappa shape index (κ2) is 43.1. The maximum atomic E-state index is 14.8. The van der Waals surface area contributed by atoms with Gasteiger partial charge in [-0.25, -0.2) is 9.78 Å². The van der Waals surface area contributed by atoms with Crippen LogP contribution in [0.2, 0.25) is 0 Å². The number of carbonyl (C=O) groups excluding carboxylic acids is 13. The van der Waals surface area contributed by atoms with Gasteiger partial charge in [-0.05, 0) is 106 Å². The van der Waals surface area contributed by atoms with Crippen LogP contribution in [-0.4, -0.2) is 244 Å². The number of aromatic hydroxyl groups is 1. The topological polar surface area (TPSA) is 594 Å². The van der Waals surface area contributed by atoms with Crippen LogP contribution in [0.1, 0.15) is 95.0 Å². The van der Waals surface area contributed by atoms with Gasteiger partial charge >= 0.3 is 5.97 Å². The Morgan fingerprint density at radius 1 is 0.566 bits per heavy atom. The number of benzene rings is 3. The molecule has 24 N–H and O–H groups in total. The van der Waals surface area contributed by atoms with Crippen molar-refractivity contribution in [2.24, 2.45) is 23.1 Å². The number of nitrogens with two attached hydrogens (primary N) is 3. The molecule has 6 aromatic rings. The van der Waals surface area contributed by atoms with Crippen LogP contribution in [0.3, 0.4) is 0 Å². The molecule has 3 aromatic carbocycles. The number of carboxylic acid groups (broad SMARTS) is 1. The van der Waals surface area contributed by atoms with Crippen LogP contribution in [0.4, 0.5) is 0 Å². The minimum atomic E-state index is -1.83. The molecule has 7 rings (SSSR count). The highest BCUT2D eigenvalue weighted by atomic mass is 32.1. The van der Waals surface area contributed by atoms with Crippen molar-refractivity contribution in [1.29, 1.82) is 0 Å². The average molecular weight is 1610 g/mol. The number of thiol groups is 2. The van der Waals surface area contributed by atoms with Gasteiger partial charge in [0, 0.05) is 89.8 Å². The van der Waals surface area contributed by atoms with Crippen LogP contribution in [0.15, 0.2) is 97.7 Å². The van der Waals surface area contributed by atoms with E-state index in [0.29, 0.717) is 57.0 Å². The Morgan fingerprint density at radius 2 is 1.08 bits per heavy atom. The largest absolute Gasteiger partial charge is 0.508 e. The normalized spacial score (nSPS) is 16.2. The zero-order valence-electron chi connectivity index (χ0n) is 62.7. The van der Waals surface area contributed by atoms with Gasteiger partial charge in [0.05, 0.1) is 31.5 Å². The number of likely N-dealkylation sites (tertiary alicyclic amines) is 1. The molecule has 0 aliphatic carbocycles. The number of aliphatic carboxylic acids is 1. The maximum Gasteiger partial charge on any atom is 0.326 e. The number of phenolic OH excluding ortho intramolecular Hbond substituents is 1. The molecule has 4 heterocycles. The van der Waals surface area contributed by atoms with Crippen LogP contribution in [0.5, 0.6) is 5.75 Å². The third-order valence-electron chi connectivity index (χ3n) is 18.8. The molecule has 3 aromatic heterocycles. The Morgan fingerprint density at radius 3 is 1.62 bits per heavy atom. The Hall–Kier alpha value is -11.1. The Kier molecular flexibility index (Phi) is 33.9. The fourth-order valence-electron chi connectivity index (χ4n) is 12.7. The van der Waals surface area contributed by atoms with E-state index in [1.165, 1.54) is 55.5 Å². The van der Waals surface area contributed by atoms with Crippen molar-refractivity contribution in [1.82, 2.24) is 83.3 Å². The number of unbranched alkanes of at least 4 members (excludes halogenated alkanes) is 1. The number of nitrogens with zero attached hydrogens (tertiary/aromatic N) is 2. The van der Waals surface area contributed by atoms with Gasteiger partial charge in [-0.15, -0.1) is 0 Å². The Balaban J connectivity index is 1.04. The highest BCUT2D eigenvalue weighted by Gasteiger charge is 2.42. The van der Waals surface area contributed by atoms with Crippen molar-refractivity contribution in [2.75, 3.05) is 31.1 Å². The summed E-state index contributed by atoms with van der Waals surface area (Å²) in [5.41, 5.74) is 20.3. The molecule has 113 heavy (non-hydrogen) atoms. The molecule has 1 saturated heterocycles. The van der Waals surface area contributed by atoms with Gasteiger partial charge in [-0.2, -0.15) is 25.3 Å². The smallest absolute Gasteiger partial charge is 0.326 e. The number of H-pyrrole nitrogens is 3. The van der Waals surface area contributed by atoms with Gasteiger partial charge in [0.15, 0.2) is 0 Å². The Bertz CT molecular complexity index is 4310. The van der Waals surface area contributed by atoms with Crippen molar-refractivity contribution < 1.29 is 87.5 Å². The summed E-state index contributed by atoms with van der Waals surface area (Å²) in [4.78, 5) is 208. The molecule has 14 atom stereocenters. The van der Waals surface area contributed by atoms with Gasteiger partial charge in [-0.1, -0.05) is 62.4 Å². The number of aliphatic hydroxyl groups excluding tert-OH is 2. The predicted molar refractivity (Wildman–Crippen MR) is 418 cm³/mol. The number of rotatable bonds is 44. The molecule has 0 bridgehead atoms. The molecule has 37 nitrogen and oxygen atoms in total. The number of carboxylic acids is 1. The molecule has 1 fully saturated rings. The van der Waals surface area contributed by atoms with Gasteiger partial charge < -0.3 is 116 Å². The van der Waals surface area contributed by atoms with Crippen LogP contribution < -0.4 is 75.7 Å². The lowest BCUT2D eigenvalue weighted by atomic mass is 10.0. The summed E-state index contributed by atoms with van der Waals surface area (Å²) in [6.45, 7) is 5.40. The van der Waals surface area contributed by atoms with E-state index in [1.54, 1.807) is 74.8 Å².